The first kappa shape index (κ1) is 11.8. The Morgan fingerprint density at radius 2 is 1.44 bits per heavy atom. The minimum Gasteiger partial charge on any atom is -0.497 e. The Morgan fingerprint density at radius 1 is 0.944 bits per heavy atom. The Morgan fingerprint density at radius 3 is 1.89 bits per heavy atom. The standard InChI is InChI=1S/C13H16O5/c1-14-11-3-10(4-12(5-11)15-2)13-16-6-9(7-17-13)8-18-13/h3-5,9H,6-8H2,1-2H3. The number of methoxy groups -OCH3 is 2. The number of hydrogen-bond donors (Lipinski definition) is 0. The molecule has 0 radical (unpaired) electrons. The summed E-state index contributed by atoms with van der Waals surface area (Å²) in [6, 6.07) is 5.48. The summed E-state index contributed by atoms with van der Waals surface area (Å²) in [5.74, 6) is 0.597. The van der Waals surface area contributed by atoms with Crippen LogP contribution in [-0.2, 0) is 20.2 Å². The van der Waals surface area contributed by atoms with Gasteiger partial charge in [0.05, 0.1) is 34.0 Å². The molecule has 18 heavy (non-hydrogen) atoms. The zero-order chi connectivity index (χ0) is 12.6. The molecular formula is C13H16O5. The molecule has 98 valence electrons. The van der Waals surface area contributed by atoms with Gasteiger partial charge >= 0.3 is 5.97 Å². The molecule has 3 saturated heterocycles. The van der Waals surface area contributed by atoms with Crippen LogP contribution < -0.4 is 9.47 Å². The summed E-state index contributed by atoms with van der Waals surface area (Å²) < 4.78 is 27.6. The zero-order valence-corrected chi connectivity index (χ0v) is 10.5. The van der Waals surface area contributed by atoms with Crippen molar-refractivity contribution in [1.29, 1.82) is 0 Å². The van der Waals surface area contributed by atoms with Crippen molar-refractivity contribution in [2.24, 2.45) is 5.92 Å². The topological polar surface area (TPSA) is 46.2 Å². The van der Waals surface area contributed by atoms with Crippen molar-refractivity contribution in [3.8, 4) is 11.5 Å². The molecule has 1 aromatic rings. The molecule has 3 aliphatic heterocycles. The van der Waals surface area contributed by atoms with Crippen molar-refractivity contribution >= 4 is 0 Å². The molecule has 4 rings (SSSR count). The molecule has 3 aliphatic rings. The lowest BCUT2D eigenvalue weighted by Gasteiger charge is -2.45. The molecule has 3 fully saturated rings. The number of ether oxygens (including phenoxy) is 5. The van der Waals surface area contributed by atoms with E-state index >= 15 is 0 Å². The van der Waals surface area contributed by atoms with Gasteiger partial charge in [0.2, 0.25) is 0 Å². The Hall–Kier alpha value is -1.30. The van der Waals surface area contributed by atoms with Crippen LogP contribution in [0.5, 0.6) is 11.5 Å². The van der Waals surface area contributed by atoms with Crippen LogP contribution in [-0.4, -0.2) is 34.0 Å². The lowest BCUT2D eigenvalue weighted by Crippen LogP contribution is -2.51. The fourth-order valence-electron chi connectivity index (χ4n) is 2.19. The van der Waals surface area contributed by atoms with Gasteiger partial charge in [-0.3, -0.25) is 0 Å². The van der Waals surface area contributed by atoms with Gasteiger partial charge in [-0.1, -0.05) is 0 Å². The van der Waals surface area contributed by atoms with Crippen LogP contribution in [0.15, 0.2) is 18.2 Å². The van der Waals surface area contributed by atoms with Gasteiger partial charge in [0.15, 0.2) is 0 Å². The highest BCUT2D eigenvalue weighted by molar-refractivity contribution is 5.40. The summed E-state index contributed by atoms with van der Waals surface area (Å²) in [5.41, 5.74) is 0.761. The van der Waals surface area contributed by atoms with Gasteiger partial charge in [0.1, 0.15) is 11.5 Å². The van der Waals surface area contributed by atoms with Crippen molar-refractivity contribution in [2.75, 3.05) is 34.0 Å². The molecule has 0 N–H and O–H groups in total. The van der Waals surface area contributed by atoms with Crippen molar-refractivity contribution in [3.63, 3.8) is 0 Å². The van der Waals surface area contributed by atoms with E-state index in [4.69, 9.17) is 23.7 Å². The minimum absolute atomic E-state index is 0.333. The Bertz CT molecular complexity index is 401. The summed E-state index contributed by atoms with van der Waals surface area (Å²) in [6.07, 6.45) is 0. The van der Waals surface area contributed by atoms with Crippen molar-refractivity contribution < 1.29 is 23.7 Å². The number of fused-ring (bicyclic) bond motifs is 3. The lowest BCUT2D eigenvalue weighted by atomic mass is 10.1. The number of rotatable bonds is 3. The van der Waals surface area contributed by atoms with Gasteiger partial charge in [0.25, 0.3) is 0 Å². The second kappa shape index (κ2) is 4.42. The van der Waals surface area contributed by atoms with E-state index in [2.05, 4.69) is 0 Å². The van der Waals surface area contributed by atoms with E-state index in [1.54, 1.807) is 20.3 Å². The quantitative estimate of drug-likeness (QED) is 0.816. The van der Waals surface area contributed by atoms with Crippen LogP contribution >= 0.6 is 0 Å². The van der Waals surface area contributed by atoms with Gasteiger partial charge in [-0.25, -0.2) is 0 Å². The van der Waals surface area contributed by atoms with E-state index in [1.165, 1.54) is 0 Å². The van der Waals surface area contributed by atoms with Crippen LogP contribution in [0.3, 0.4) is 0 Å². The van der Waals surface area contributed by atoms with Gasteiger partial charge in [0, 0.05) is 17.5 Å². The molecule has 0 saturated carbocycles. The smallest absolute Gasteiger partial charge is 0.312 e. The van der Waals surface area contributed by atoms with Crippen molar-refractivity contribution in [1.82, 2.24) is 0 Å². The molecule has 5 nitrogen and oxygen atoms in total. The maximum Gasteiger partial charge on any atom is 0.312 e. The highest BCUT2D eigenvalue weighted by Crippen LogP contribution is 2.41. The van der Waals surface area contributed by atoms with E-state index in [-0.39, 0.29) is 0 Å². The van der Waals surface area contributed by atoms with E-state index in [1.807, 2.05) is 12.1 Å². The van der Waals surface area contributed by atoms with E-state index < -0.39 is 5.97 Å². The number of hydrogen-bond acceptors (Lipinski definition) is 5. The van der Waals surface area contributed by atoms with Crippen LogP contribution in [0.25, 0.3) is 0 Å². The van der Waals surface area contributed by atoms with Crippen LogP contribution in [0, 0.1) is 5.92 Å². The Balaban J connectivity index is 1.99. The van der Waals surface area contributed by atoms with Gasteiger partial charge in [-0.15, -0.1) is 0 Å². The van der Waals surface area contributed by atoms with Gasteiger partial charge < -0.3 is 23.7 Å². The minimum atomic E-state index is -1.10. The Labute approximate surface area is 106 Å². The number of benzene rings is 1. The molecule has 0 unspecified atom stereocenters. The molecule has 2 bridgehead atoms. The normalized spacial score (nSPS) is 30.2. The summed E-state index contributed by atoms with van der Waals surface area (Å²) in [6.45, 7) is 1.96. The van der Waals surface area contributed by atoms with Crippen LogP contribution in [0.1, 0.15) is 5.56 Å². The van der Waals surface area contributed by atoms with Crippen molar-refractivity contribution in [2.45, 2.75) is 5.97 Å². The third-order valence-corrected chi connectivity index (χ3v) is 3.23. The molecule has 1 aromatic carbocycles. The first-order valence-electron chi connectivity index (χ1n) is 5.91. The first-order valence-corrected chi connectivity index (χ1v) is 5.91. The maximum absolute atomic E-state index is 5.69. The monoisotopic (exact) mass is 252 g/mol. The van der Waals surface area contributed by atoms with Crippen LogP contribution in [0.2, 0.25) is 0 Å². The molecular weight excluding hydrogens is 236 g/mol. The largest absolute Gasteiger partial charge is 0.497 e. The average Bonchev–Trinajstić information content (AvgIpc) is 2.48. The fraction of sp³-hybridized carbons (Fsp3) is 0.538. The van der Waals surface area contributed by atoms with Crippen LogP contribution in [0.4, 0.5) is 0 Å². The zero-order valence-electron chi connectivity index (χ0n) is 10.5. The summed E-state index contributed by atoms with van der Waals surface area (Å²) in [7, 11) is 3.22. The Kier molecular flexibility index (Phi) is 2.89. The maximum atomic E-state index is 5.69. The van der Waals surface area contributed by atoms with Gasteiger partial charge in [-0.05, 0) is 12.1 Å². The second-order valence-electron chi connectivity index (χ2n) is 4.46. The fourth-order valence-corrected chi connectivity index (χ4v) is 2.19. The van der Waals surface area contributed by atoms with E-state index in [9.17, 15) is 0 Å². The molecule has 5 heteroatoms. The highest BCUT2D eigenvalue weighted by atomic mass is 16.9. The predicted octanol–water partition coefficient (Wildman–Crippen LogP) is 1.51. The molecule has 0 spiro atoms. The molecule has 0 aromatic heterocycles. The average molecular weight is 252 g/mol. The molecule has 0 amide bonds. The molecule has 3 heterocycles. The predicted molar refractivity (Wildman–Crippen MR) is 62.6 cm³/mol. The highest BCUT2D eigenvalue weighted by Gasteiger charge is 2.46. The first-order chi connectivity index (χ1) is 8.75. The lowest BCUT2D eigenvalue weighted by molar-refractivity contribution is -0.460. The molecule has 0 aliphatic carbocycles. The molecule has 0 atom stereocenters. The SMILES string of the molecule is COc1cc(OC)cc(C23OCC(CO2)CO3)c1. The van der Waals surface area contributed by atoms with E-state index in [0.29, 0.717) is 37.2 Å². The summed E-state index contributed by atoms with van der Waals surface area (Å²) in [5, 5.41) is 0. The summed E-state index contributed by atoms with van der Waals surface area (Å²) >= 11 is 0. The third-order valence-electron chi connectivity index (χ3n) is 3.23. The third kappa shape index (κ3) is 1.84. The summed E-state index contributed by atoms with van der Waals surface area (Å²) in [4.78, 5) is 0. The van der Waals surface area contributed by atoms with E-state index in [0.717, 1.165) is 5.56 Å². The van der Waals surface area contributed by atoms with Crippen molar-refractivity contribution in [3.05, 3.63) is 23.8 Å². The second-order valence-corrected chi connectivity index (χ2v) is 4.46. The van der Waals surface area contributed by atoms with Gasteiger partial charge in [-0.2, -0.15) is 0 Å².